The molecule has 2 aromatic rings. The van der Waals surface area contributed by atoms with Crippen molar-refractivity contribution in [1.29, 1.82) is 0 Å². The quantitative estimate of drug-likeness (QED) is 0.851. The maximum absolute atomic E-state index is 5.38. The lowest BCUT2D eigenvalue weighted by molar-refractivity contribution is 0.308. The summed E-state index contributed by atoms with van der Waals surface area (Å²) in [6.07, 6.45) is 3.08. The summed E-state index contributed by atoms with van der Waals surface area (Å²) >= 11 is 0. The van der Waals surface area contributed by atoms with Crippen molar-refractivity contribution < 1.29 is 4.74 Å². The molecule has 5 nitrogen and oxygen atoms in total. The second-order valence-corrected chi connectivity index (χ2v) is 5.99. The Morgan fingerprint density at radius 1 is 1.32 bits per heavy atom. The summed E-state index contributed by atoms with van der Waals surface area (Å²) < 4.78 is 7.57. The van der Waals surface area contributed by atoms with Gasteiger partial charge in [-0.25, -0.2) is 4.98 Å². The molecule has 1 fully saturated rings. The largest absolute Gasteiger partial charge is 0.478 e. The molecular weight excluding hydrogens is 276 g/mol. The van der Waals surface area contributed by atoms with Crippen LogP contribution >= 0.6 is 0 Å². The van der Waals surface area contributed by atoms with Crippen molar-refractivity contribution in [3.8, 4) is 5.88 Å². The SMILES string of the molecule is CCOc1ccc(CN2CC[C@H](n3nc(C)cc3C)C2)cn1. The summed E-state index contributed by atoms with van der Waals surface area (Å²) in [7, 11) is 0. The molecule has 0 saturated carbocycles. The first-order valence-electron chi connectivity index (χ1n) is 7.98. The van der Waals surface area contributed by atoms with Crippen LogP contribution in [-0.2, 0) is 6.54 Å². The van der Waals surface area contributed by atoms with Gasteiger partial charge in [-0.05, 0) is 38.8 Å². The molecule has 0 unspecified atom stereocenters. The predicted molar refractivity (Wildman–Crippen MR) is 86.0 cm³/mol. The predicted octanol–water partition coefficient (Wildman–Crippen LogP) is 2.74. The Balaban J connectivity index is 1.60. The van der Waals surface area contributed by atoms with Crippen LogP contribution in [0.2, 0.25) is 0 Å². The van der Waals surface area contributed by atoms with Crippen molar-refractivity contribution in [2.75, 3.05) is 19.7 Å². The molecule has 5 heteroatoms. The Morgan fingerprint density at radius 3 is 2.82 bits per heavy atom. The van der Waals surface area contributed by atoms with Gasteiger partial charge < -0.3 is 4.74 Å². The molecule has 1 aliphatic rings. The van der Waals surface area contributed by atoms with Gasteiger partial charge in [-0.15, -0.1) is 0 Å². The van der Waals surface area contributed by atoms with E-state index in [1.807, 2.05) is 19.2 Å². The van der Waals surface area contributed by atoms with Gasteiger partial charge in [-0.1, -0.05) is 6.07 Å². The van der Waals surface area contributed by atoms with E-state index in [-0.39, 0.29) is 0 Å². The summed E-state index contributed by atoms with van der Waals surface area (Å²) in [5.41, 5.74) is 3.59. The molecule has 3 heterocycles. The third-order valence-electron chi connectivity index (χ3n) is 4.13. The smallest absolute Gasteiger partial charge is 0.213 e. The number of aromatic nitrogens is 3. The zero-order valence-electron chi connectivity index (χ0n) is 13.6. The summed E-state index contributed by atoms with van der Waals surface area (Å²) in [6.45, 7) is 9.92. The first-order valence-corrected chi connectivity index (χ1v) is 7.98. The molecule has 118 valence electrons. The number of hydrogen-bond donors (Lipinski definition) is 0. The van der Waals surface area contributed by atoms with Crippen LogP contribution in [0, 0.1) is 13.8 Å². The van der Waals surface area contributed by atoms with Gasteiger partial charge in [0.2, 0.25) is 5.88 Å². The maximum Gasteiger partial charge on any atom is 0.213 e. The highest BCUT2D eigenvalue weighted by molar-refractivity contribution is 5.18. The minimum Gasteiger partial charge on any atom is -0.478 e. The van der Waals surface area contributed by atoms with E-state index in [0.717, 1.165) is 31.7 Å². The maximum atomic E-state index is 5.38. The van der Waals surface area contributed by atoms with Gasteiger partial charge in [0.1, 0.15) is 0 Å². The van der Waals surface area contributed by atoms with E-state index in [0.29, 0.717) is 18.5 Å². The number of ether oxygens (including phenoxy) is 1. The van der Waals surface area contributed by atoms with Gasteiger partial charge in [0.25, 0.3) is 0 Å². The van der Waals surface area contributed by atoms with Gasteiger partial charge in [-0.3, -0.25) is 9.58 Å². The average Bonchev–Trinajstić information content (AvgIpc) is 3.07. The van der Waals surface area contributed by atoms with Crippen molar-refractivity contribution in [1.82, 2.24) is 19.7 Å². The van der Waals surface area contributed by atoms with Crippen LogP contribution in [0.3, 0.4) is 0 Å². The van der Waals surface area contributed by atoms with Crippen LogP contribution in [0.1, 0.15) is 36.3 Å². The van der Waals surface area contributed by atoms with Gasteiger partial charge in [0.15, 0.2) is 0 Å². The highest BCUT2D eigenvalue weighted by Crippen LogP contribution is 2.24. The zero-order chi connectivity index (χ0) is 15.5. The number of pyridine rings is 1. The van der Waals surface area contributed by atoms with E-state index < -0.39 is 0 Å². The molecule has 3 rings (SSSR count). The molecule has 0 amide bonds. The van der Waals surface area contributed by atoms with Crippen LogP contribution in [0.25, 0.3) is 0 Å². The Labute approximate surface area is 131 Å². The third kappa shape index (κ3) is 3.30. The average molecular weight is 300 g/mol. The fourth-order valence-corrected chi connectivity index (χ4v) is 3.17. The van der Waals surface area contributed by atoms with Crippen molar-refractivity contribution in [3.05, 3.63) is 41.3 Å². The normalized spacial score (nSPS) is 18.8. The number of likely N-dealkylation sites (tertiary alicyclic amines) is 1. The lowest BCUT2D eigenvalue weighted by atomic mass is 10.2. The van der Waals surface area contributed by atoms with Crippen LogP contribution < -0.4 is 4.74 Å². The molecular formula is C17H24N4O. The molecule has 0 N–H and O–H groups in total. The number of aryl methyl sites for hydroxylation is 2. The van der Waals surface area contributed by atoms with Crippen LogP contribution in [0.4, 0.5) is 0 Å². The van der Waals surface area contributed by atoms with E-state index in [2.05, 4.69) is 45.6 Å². The summed E-state index contributed by atoms with van der Waals surface area (Å²) in [5, 5.41) is 4.63. The molecule has 1 saturated heterocycles. The second kappa shape index (κ2) is 6.48. The van der Waals surface area contributed by atoms with Crippen LogP contribution in [-0.4, -0.2) is 39.4 Å². The first kappa shape index (κ1) is 15.0. The summed E-state index contributed by atoms with van der Waals surface area (Å²) in [6, 6.07) is 6.70. The molecule has 1 aliphatic heterocycles. The topological polar surface area (TPSA) is 43.2 Å². The van der Waals surface area contributed by atoms with E-state index in [9.17, 15) is 0 Å². The molecule has 0 aromatic carbocycles. The first-order chi connectivity index (χ1) is 10.7. The van der Waals surface area contributed by atoms with Crippen molar-refractivity contribution in [3.63, 3.8) is 0 Å². The minimum absolute atomic E-state index is 0.490. The Kier molecular flexibility index (Phi) is 4.43. The van der Waals surface area contributed by atoms with Gasteiger partial charge >= 0.3 is 0 Å². The third-order valence-corrected chi connectivity index (χ3v) is 4.13. The molecule has 2 aromatic heterocycles. The fraction of sp³-hybridized carbons (Fsp3) is 0.529. The lowest BCUT2D eigenvalue weighted by Crippen LogP contribution is -2.22. The monoisotopic (exact) mass is 300 g/mol. The summed E-state index contributed by atoms with van der Waals surface area (Å²) in [4.78, 5) is 6.81. The summed E-state index contributed by atoms with van der Waals surface area (Å²) in [5.74, 6) is 0.702. The minimum atomic E-state index is 0.490. The Bertz CT molecular complexity index is 620. The molecule has 0 aliphatic carbocycles. The van der Waals surface area contributed by atoms with E-state index in [4.69, 9.17) is 4.74 Å². The van der Waals surface area contributed by atoms with E-state index >= 15 is 0 Å². The van der Waals surface area contributed by atoms with Gasteiger partial charge in [-0.2, -0.15) is 5.10 Å². The Hall–Kier alpha value is -1.88. The van der Waals surface area contributed by atoms with Crippen LogP contribution in [0.5, 0.6) is 5.88 Å². The highest BCUT2D eigenvalue weighted by Gasteiger charge is 2.25. The fourth-order valence-electron chi connectivity index (χ4n) is 3.17. The molecule has 22 heavy (non-hydrogen) atoms. The van der Waals surface area contributed by atoms with Crippen molar-refractivity contribution >= 4 is 0 Å². The molecule has 0 spiro atoms. The van der Waals surface area contributed by atoms with Gasteiger partial charge in [0, 0.05) is 37.6 Å². The molecule has 0 radical (unpaired) electrons. The van der Waals surface area contributed by atoms with Crippen LogP contribution in [0.15, 0.2) is 24.4 Å². The number of hydrogen-bond acceptors (Lipinski definition) is 4. The lowest BCUT2D eigenvalue weighted by Gasteiger charge is -2.17. The molecule has 1 atom stereocenters. The van der Waals surface area contributed by atoms with Gasteiger partial charge in [0.05, 0.1) is 18.3 Å². The van der Waals surface area contributed by atoms with E-state index in [1.165, 1.54) is 11.3 Å². The zero-order valence-corrected chi connectivity index (χ0v) is 13.6. The number of rotatable bonds is 5. The molecule has 0 bridgehead atoms. The second-order valence-electron chi connectivity index (χ2n) is 5.99. The standard InChI is InChI=1S/C17H24N4O/c1-4-22-17-6-5-15(10-18-17)11-20-8-7-16(12-20)21-14(3)9-13(2)19-21/h5-6,9-10,16H,4,7-8,11-12H2,1-3H3/t16-/m0/s1. The highest BCUT2D eigenvalue weighted by atomic mass is 16.5. The Morgan fingerprint density at radius 2 is 2.18 bits per heavy atom. The van der Waals surface area contributed by atoms with Crippen molar-refractivity contribution in [2.24, 2.45) is 0 Å². The van der Waals surface area contributed by atoms with Crippen molar-refractivity contribution in [2.45, 2.75) is 39.8 Å². The number of nitrogens with zero attached hydrogens (tertiary/aromatic N) is 4. The van der Waals surface area contributed by atoms with E-state index in [1.54, 1.807) is 0 Å².